The molecule has 0 bridgehead atoms. The topological polar surface area (TPSA) is 88.5 Å². The Labute approximate surface area is 190 Å². The average molecular weight is 466 g/mol. The Kier molecular flexibility index (Phi) is 5.53. The van der Waals surface area contributed by atoms with Crippen LogP contribution >= 0.6 is 12.2 Å². The van der Waals surface area contributed by atoms with Crippen LogP contribution in [0.4, 0.5) is 0 Å². The Balaban J connectivity index is 1.88. The van der Waals surface area contributed by atoms with E-state index in [2.05, 4.69) is 11.9 Å². The molecule has 1 aromatic heterocycles. The number of rotatable bonds is 5. The maximum Gasteiger partial charge on any atom is 0.268 e. The highest BCUT2D eigenvalue weighted by Gasteiger charge is 2.33. The van der Waals surface area contributed by atoms with Gasteiger partial charge in [-0.3, -0.25) is 19.8 Å². The number of para-hydroxylation sites is 1. The van der Waals surface area contributed by atoms with Gasteiger partial charge in [-0.15, -0.1) is 6.58 Å². The lowest BCUT2D eigenvalue weighted by Crippen LogP contribution is -2.53. The quantitative estimate of drug-likeness (QED) is 0.271. The summed E-state index contributed by atoms with van der Waals surface area (Å²) < 4.78 is 27.8. The Morgan fingerprint density at radius 1 is 1.09 bits per heavy atom. The van der Waals surface area contributed by atoms with Crippen LogP contribution < -0.4 is 5.32 Å². The minimum absolute atomic E-state index is 0.00132. The average Bonchev–Trinajstić information content (AvgIpc) is 3.14. The third kappa shape index (κ3) is 3.65. The smallest absolute Gasteiger partial charge is 0.268 e. The number of thiocarbonyl (C=S) groups is 1. The molecule has 0 aliphatic carbocycles. The standard InChI is InChI=1S/C23H19N3O4S2/c1-3-12-25-22(28)19(21(27)24-23(25)31)13-16-14-26(20-7-5-4-6-18(16)20)32(29,30)17-10-8-15(2)9-11-17/h3-11,13-14H,1,12H2,2H3,(H,24,27,31)/b19-13+. The zero-order valence-electron chi connectivity index (χ0n) is 17.1. The van der Waals surface area contributed by atoms with Crippen LogP contribution in [-0.4, -0.2) is 40.8 Å². The minimum Gasteiger partial charge on any atom is -0.298 e. The number of amides is 2. The molecule has 4 rings (SSSR count). The van der Waals surface area contributed by atoms with Crippen molar-refractivity contribution in [3.63, 3.8) is 0 Å². The fourth-order valence-electron chi connectivity index (χ4n) is 3.46. The molecule has 1 fully saturated rings. The molecule has 0 radical (unpaired) electrons. The van der Waals surface area contributed by atoms with E-state index in [0.717, 1.165) is 9.54 Å². The largest absolute Gasteiger partial charge is 0.298 e. The molecule has 1 aliphatic heterocycles. The summed E-state index contributed by atoms with van der Waals surface area (Å²) in [4.78, 5) is 26.7. The second-order valence-electron chi connectivity index (χ2n) is 7.24. The molecule has 0 atom stereocenters. The Bertz CT molecular complexity index is 1420. The van der Waals surface area contributed by atoms with Gasteiger partial charge in [0.15, 0.2) is 5.11 Å². The number of nitrogens with one attached hydrogen (secondary N) is 1. The number of nitrogens with zero attached hydrogens (tertiary/aromatic N) is 2. The van der Waals surface area contributed by atoms with Crippen molar-refractivity contribution in [3.8, 4) is 0 Å². The third-order valence-electron chi connectivity index (χ3n) is 5.08. The number of benzene rings is 2. The Morgan fingerprint density at radius 2 is 1.78 bits per heavy atom. The van der Waals surface area contributed by atoms with Crippen molar-refractivity contribution in [2.45, 2.75) is 11.8 Å². The van der Waals surface area contributed by atoms with Crippen molar-refractivity contribution in [1.82, 2.24) is 14.2 Å². The van der Waals surface area contributed by atoms with Crippen LogP contribution in [0, 0.1) is 6.92 Å². The normalized spacial score (nSPS) is 16.0. The van der Waals surface area contributed by atoms with Crippen molar-refractivity contribution >= 4 is 56.1 Å². The molecule has 0 unspecified atom stereocenters. The number of aryl methyl sites for hydroxylation is 1. The first-order valence-electron chi connectivity index (χ1n) is 9.66. The van der Waals surface area contributed by atoms with Gasteiger partial charge >= 0.3 is 0 Å². The first-order valence-corrected chi connectivity index (χ1v) is 11.5. The molecule has 0 saturated carbocycles. The maximum atomic E-state index is 13.3. The molecule has 1 N–H and O–H groups in total. The van der Waals surface area contributed by atoms with Gasteiger partial charge in [0.25, 0.3) is 21.8 Å². The maximum absolute atomic E-state index is 13.3. The fraction of sp³-hybridized carbons (Fsp3) is 0.0870. The predicted molar refractivity (Wildman–Crippen MR) is 126 cm³/mol. The van der Waals surface area contributed by atoms with Crippen LogP contribution in [-0.2, 0) is 19.6 Å². The summed E-state index contributed by atoms with van der Waals surface area (Å²) in [5, 5.41) is 3.07. The molecule has 7 nitrogen and oxygen atoms in total. The first kappa shape index (κ1) is 21.7. The van der Waals surface area contributed by atoms with Crippen molar-refractivity contribution in [2.75, 3.05) is 6.54 Å². The minimum atomic E-state index is -3.90. The summed E-state index contributed by atoms with van der Waals surface area (Å²) in [6.07, 6.45) is 4.30. The number of carbonyl (C=O) groups excluding carboxylic acids is 2. The van der Waals surface area contributed by atoms with Gasteiger partial charge in [-0.2, -0.15) is 0 Å². The van der Waals surface area contributed by atoms with Gasteiger partial charge in [-0.05, 0) is 43.4 Å². The lowest BCUT2D eigenvalue weighted by molar-refractivity contribution is -0.128. The zero-order valence-corrected chi connectivity index (χ0v) is 18.7. The highest BCUT2D eigenvalue weighted by Crippen LogP contribution is 2.28. The van der Waals surface area contributed by atoms with Crippen LogP contribution in [0.2, 0.25) is 0 Å². The third-order valence-corrected chi connectivity index (χ3v) is 7.09. The van der Waals surface area contributed by atoms with Crippen LogP contribution in [0.15, 0.2) is 77.9 Å². The molecule has 3 aromatic rings. The Morgan fingerprint density at radius 3 is 2.47 bits per heavy atom. The van der Waals surface area contributed by atoms with Crippen molar-refractivity contribution in [3.05, 3.63) is 84.1 Å². The summed E-state index contributed by atoms with van der Waals surface area (Å²) in [5.74, 6) is -1.21. The second-order valence-corrected chi connectivity index (χ2v) is 9.44. The number of fused-ring (bicyclic) bond motifs is 1. The molecule has 0 spiro atoms. The lowest BCUT2D eigenvalue weighted by Gasteiger charge is -2.27. The van der Waals surface area contributed by atoms with Crippen molar-refractivity contribution < 1.29 is 18.0 Å². The number of aromatic nitrogens is 1. The number of hydrogen-bond acceptors (Lipinski definition) is 5. The molecule has 1 aliphatic rings. The van der Waals surface area contributed by atoms with E-state index in [0.29, 0.717) is 16.5 Å². The monoisotopic (exact) mass is 465 g/mol. The van der Waals surface area contributed by atoms with Gasteiger partial charge in [0, 0.05) is 23.7 Å². The summed E-state index contributed by atoms with van der Waals surface area (Å²) >= 11 is 5.07. The van der Waals surface area contributed by atoms with Gasteiger partial charge in [-0.1, -0.05) is 42.0 Å². The van der Waals surface area contributed by atoms with Gasteiger partial charge in [0.1, 0.15) is 5.57 Å². The van der Waals surface area contributed by atoms with Gasteiger partial charge in [0.05, 0.1) is 10.4 Å². The lowest BCUT2D eigenvalue weighted by atomic mass is 10.1. The zero-order chi connectivity index (χ0) is 23.0. The van der Waals surface area contributed by atoms with E-state index in [1.54, 1.807) is 48.5 Å². The van der Waals surface area contributed by atoms with Gasteiger partial charge in [0.2, 0.25) is 0 Å². The van der Waals surface area contributed by atoms with E-state index in [4.69, 9.17) is 12.2 Å². The van der Waals surface area contributed by atoms with Crippen molar-refractivity contribution in [2.24, 2.45) is 0 Å². The van der Waals surface area contributed by atoms with E-state index in [9.17, 15) is 18.0 Å². The molecule has 32 heavy (non-hydrogen) atoms. The molecule has 1 saturated heterocycles. The Hall–Kier alpha value is -3.56. The summed E-state index contributed by atoms with van der Waals surface area (Å²) in [6, 6.07) is 13.4. The number of hydrogen-bond donors (Lipinski definition) is 1. The van der Waals surface area contributed by atoms with Crippen molar-refractivity contribution in [1.29, 1.82) is 0 Å². The fourth-order valence-corrected chi connectivity index (χ4v) is 5.09. The molecule has 2 heterocycles. The first-order chi connectivity index (χ1) is 15.2. The van der Waals surface area contributed by atoms with E-state index in [-0.39, 0.29) is 22.1 Å². The molecule has 9 heteroatoms. The van der Waals surface area contributed by atoms with E-state index >= 15 is 0 Å². The SMILES string of the molecule is C=CCN1C(=O)/C(=C/c2cn(S(=O)(=O)c3ccc(C)cc3)c3ccccc23)C(=O)NC1=S. The molecular weight excluding hydrogens is 446 g/mol. The van der Waals surface area contributed by atoms with Gasteiger partial charge < -0.3 is 0 Å². The highest BCUT2D eigenvalue weighted by atomic mass is 32.2. The van der Waals surface area contributed by atoms with Crippen LogP contribution in [0.3, 0.4) is 0 Å². The van der Waals surface area contributed by atoms with Crippen LogP contribution in [0.25, 0.3) is 17.0 Å². The number of carbonyl (C=O) groups is 2. The molecule has 2 aromatic carbocycles. The van der Waals surface area contributed by atoms with Crippen LogP contribution in [0.5, 0.6) is 0 Å². The highest BCUT2D eigenvalue weighted by molar-refractivity contribution is 7.90. The summed E-state index contributed by atoms with van der Waals surface area (Å²) in [5.41, 5.74) is 1.65. The van der Waals surface area contributed by atoms with Crippen LogP contribution in [0.1, 0.15) is 11.1 Å². The second kappa shape index (κ2) is 8.18. The van der Waals surface area contributed by atoms with E-state index in [1.165, 1.54) is 23.2 Å². The molecular formula is C23H19N3O4S2. The molecule has 2 amide bonds. The summed E-state index contributed by atoms with van der Waals surface area (Å²) in [6.45, 7) is 5.61. The van der Waals surface area contributed by atoms with Gasteiger partial charge in [-0.25, -0.2) is 12.4 Å². The van der Waals surface area contributed by atoms with E-state index in [1.807, 2.05) is 6.92 Å². The van der Waals surface area contributed by atoms with E-state index < -0.39 is 21.8 Å². The predicted octanol–water partition coefficient (Wildman–Crippen LogP) is 3.00. The summed E-state index contributed by atoms with van der Waals surface area (Å²) in [7, 11) is -3.90. The molecule has 162 valence electrons.